The second kappa shape index (κ2) is 7.33. The molecule has 2 N–H and O–H groups in total. The molecule has 108 valence electrons. The zero-order valence-corrected chi connectivity index (χ0v) is 13.2. The van der Waals surface area contributed by atoms with Gasteiger partial charge in [0.05, 0.1) is 11.4 Å². The normalized spacial score (nSPS) is 11.8. The Hall–Kier alpha value is -0.490. The Labute approximate surface area is 124 Å². The average molecular weight is 325 g/mol. The van der Waals surface area contributed by atoms with Crippen LogP contribution in [0, 0.1) is 0 Å². The Kier molecular flexibility index (Phi) is 6.39. The fourth-order valence-electron chi connectivity index (χ4n) is 1.50. The highest BCUT2D eigenvalue weighted by Gasteiger charge is 2.11. The predicted octanol–water partition coefficient (Wildman–Crippen LogP) is 3.12. The molecule has 0 unspecified atom stereocenters. The van der Waals surface area contributed by atoms with Gasteiger partial charge in [0, 0.05) is 16.1 Å². The lowest BCUT2D eigenvalue weighted by Crippen LogP contribution is -2.26. The molecule has 1 aromatic carbocycles. The summed E-state index contributed by atoms with van der Waals surface area (Å²) in [6.07, 6.45) is 0.543. The van der Waals surface area contributed by atoms with Crippen molar-refractivity contribution in [3.8, 4) is 0 Å². The number of hydrogen-bond donors (Lipinski definition) is 2. The quantitative estimate of drug-likeness (QED) is 0.757. The largest absolute Gasteiger partial charge is 0.314 e. The first kappa shape index (κ1) is 16.6. The Morgan fingerprint density at radius 1 is 1.16 bits per heavy atom. The SMILES string of the molecule is CC(C)NCCCS(=O)(=O)Nc1cc(Cl)cc(Cl)c1. The van der Waals surface area contributed by atoms with E-state index >= 15 is 0 Å². The molecule has 19 heavy (non-hydrogen) atoms. The highest BCUT2D eigenvalue weighted by molar-refractivity contribution is 7.92. The van der Waals surface area contributed by atoms with Gasteiger partial charge in [0.25, 0.3) is 0 Å². The molecule has 0 amide bonds. The molecule has 0 fully saturated rings. The monoisotopic (exact) mass is 324 g/mol. The molecule has 0 saturated carbocycles. The first-order valence-electron chi connectivity index (χ1n) is 5.98. The fraction of sp³-hybridized carbons (Fsp3) is 0.500. The molecule has 0 aliphatic rings. The molecule has 4 nitrogen and oxygen atoms in total. The van der Waals surface area contributed by atoms with Gasteiger partial charge in [0.15, 0.2) is 0 Å². The van der Waals surface area contributed by atoms with Crippen LogP contribution in [0.3, 0.4) is 0 Å². The number of hydrogen-bond acceptors (Lipinski definition) is 3. The molecule has 0 aromatic heterocycles. The van der Waals surface area contributed by atoms with Crippen LogP contribution < -0.4 is 10.0 Å². The lowest BCUT2D eigenvalue weighted by atomic mass is 10.3. The number of benzene rings is 1. The van der Waals surface area contributed by atoms with Gasteiger partial charge in [-0.1, -0.05) is 37.0 Å². The summed E-state index contributed by atoms with van der Waals surface area (Å²) < 4.78 is 26.1. The summed E-state index contributed by atoms with van der Waals surface area (Å²) in [4.78, 5) is 0. The summed E-state index contributed by atoms with van der Waals surface area (Å²) in [5.74, 6) is 0.0524. The van der Waals surface area contributed by atoms with E-state index in [1.54, 1.807) is 6.07 Å². The molecule has 0 aliphatic carbocycles. The number of sulfonamides is 1. The molecular formula is C12H18Cl2N2O2S. The minimum atomic E-state index is -3.37. The Morgan fingerprint density at radius 3 is 2.26 bits per heavy atom. The number of nitrogens with one attached hydrogen (secondary N) is 2. The lowest BCUT2D eigenvalue weighted by molar-refractivity contribution is 0.571. The highest BCUT2D eigenvalue weighted by Crippen LogP contribution is 2.23. The summed E-state index contributed by atoms with van der Waals surface area (Å²) in [6, 6.07) is 4.95. The smallest absolute Gasteiger partial charge is 0.232 e. The average Bonchev–Trinajstić information content (AvgIpc) is 2.22. The maximum Gasteiger partial charge on any atom is 0.232 e. The van der Waals surface area contributed by atoms with Crippen LogP contribution >= 0.6 is 23.2 Å². The van der Waals surface area contributed by atoms with Gasteiger partial charge in [-0.2, -0.15) is 0 Å². The first-order valence-corrected chi connectivity index (χ1v) is 8.39. The van der Waals surface area contributed by atoms with Crippen molar-refractivity contribution in [3.63, 3.8) is 0 Å². The molecule has 1 aromatic rings. The van der Waals surface area contributed by atoms with Gasteiger partial charge < -0.3 is 5.32 Å². The van der Waals surface area contributed by atoms with E-state index in [1.807, 2.05) is 13.8 Å². The molecule has 0 bridgehead atoms. The van der Waals surface area contributed by atoms with Gasteiger partial charge in [-0.15, -0.1) is 0 Å². The summed E-state index contributed by atoms with van der Waals surface area (Å²) >= 11 is 11.6. The second-order valence-electron chi connectivity index (χ2n) is 4.54. The van der Waals surface area contributed by atoms with E-state index in [1.165, 1.54) is 12.1 Å². The number of halogens is 2. The van der Waals surface area contributed by atoms with Crippen molar-refractivity contribution in [2.24, 2.45) is 0 Å². The molecule has 0 saturated heterocycles. The Morgan fingerprint density at radius 2 is 1.74 bits per heavy atom. The fourth-order valence-corrected chi connectivity index (χ4v) is 3.13. The minimum Gasteiger partial charge on any atom is -0.314 e. The van der Waals surface area contributed by atoms with E-state index in [2.05, 4.69) is 10.0 Å². The van der Waals surface area contributed by atoms with Gasteiger partial charge in [-0.3, -0.25) is 4.72 Å². The van der Waals surface area contributed by atoms with Crippen LogP contribution in [0.5, 0.6) is 0 Å². The number of rotatable bonds is 7. The van der Waals surface area contributed by atoms with Gasteiger partial charge >= 0.3 is 0 Å². The first-order chi connectivity index (χ1) is 8.78. The summed E-state index contributed by atoms with van der Waals surface area (Å²) in [7, 11) is -3.37. The predicted molar refractivity (Wildman–Crippen MR) is 81.6 cm³/mol. The molecule has 0 aliphatic heterocycles. The highest BCUT2D eigenvalue weighted by atomic mass is 35.5. The maximum absolute atomic E-state index is 11.8. The van der Waals surface area contributed by atoms with Crippen molar-refractivity contribution in [1.82, 2.24) is 5.32 Å². The Bertz CT molecular complexity index is 498. The molecular weight excluding hydrogens is 307 g/mol. The van der Waals surface area contributed by atoms with E-state index in [-0.39, 0.29) is 5.75 Å². The second-order valence-corrected chi connectivity index (χ2v) is 7.26. The summed E-state index contributed by atoms with van der Waals surface area (Å²) in [6.45, 7) is 4.69. The van der Waals surface area contributed by atoms with Gasteiger partial charge in [-0.25, -0.2) is 8.42 Å². The van der Waals surface area contributed by atoms with E-state index in [4.69, 9.17) is 23.2 Å². The van der Waals surface area contributed by atoms with Crippen LogP contribution in [0.15, 0.2) is 18.2 Å². The van der Waals surface area contributed by atoms with Crippen molar-refractivity contribution in [1.29, 1.82) is 0 Å². The van der Waals surface area contributed by atoms with Crippen LogP contribution in [0.2, 0.25) is 10.0 Å². The van der Waals surface area contributed by atoms with Gasteiger partial charge in [-0.05, 0) is 31.2 Å². The molecule has 0 spiro atoms. The summed E-state index contributed by atoms with van der Waals surface area (Å²) in [5, 5.41) is 3.96. The van der Waals surface area contributed by atoms with E-state index in [0.717, 1.165) is 0 Å². The van der Waals surface area contributed by atoms with Crippen molar-refractivity contribution >= 4 is 38.9 Å². The van der Waals surface area contributed by atoms with Crippen molar-refractivity contribution in [2.75, 3.05) is 17.0 Å². The zero-order chi connectivity index (χ0) is 14.5. The van der Waals surface area contributed by atoms with Gasteiger partial charge in [0.1, 0.15) is 0 Å². The molecule has 7 heteroatoms. The van der Waals surface area contributed by atoms with Crippen molar-refractivity contribution < 1.29 is 8.42 Å². The number of anilines is 1. The van der Waals surface area contributed by atoms with Crippen LogP contribution in [0.4, 0.5) is 5.69 Å². The van der Waals surface area contributed by atoms with E-state index in [9.17, 15) is 8.42 Å². The van der Waals surface area contributed by atoms with Gasteiger partial charge in [0.2, 0.25) is 10.0 Å². The van der Waals surface area contributed by atoms with Crippen molar-refractivity contribution in [3.05, 3.63) is 28.2 Å². The molecule has 0 radical (unpaired) electrons. The zero-order valence-electron chi connectivity index (χ0n) is 10.9. The lowest BCUT2D eigenvalue weighted by Gasteiger charge is -2.10. The minimum absolute atomic E-state index is 0.0524. The molecule has 0 atom stereocenters. The third-order valence-corrected chi connectivity index (χ3v) is 4.09. The standard InChI is InChI=1S/C12H18Cl2N2O2S/c1-9(2)15-4-3-5-19(17,18)16-12-7-10(13)6-11(14)8-12/h6-9,15-16H,3-5H2,1-2H3. The molecule has 0 heterocycles. The topological polar surface area (TPSA) is 58.2 Å². The van der Waals surface area contributed by atoms with E-state index < -0.39 is 10.0 Å². The van der Waals surface area contributed by atoms with Crippen LogP contribution in [-0.4, -0.2) is 26.8 Å². The maximum atomic E-state index is 11.8. The summed E-state index contributed by atoms with van der Waals surface area (Å²) in [5.41, 5.74) is 0.384. The third kappa shape index (κ3) is 7.01. The van der Waals surface area contributed by atoms with E-state index in [0.29, 0.717) is 34.7 Å². The van der Waals surface area contributed by atoms with Crippen LogP contribution in [-0.2, 0) is 10.0 Å². The molecule has 1 rings (SSSR count). The van der Waals surface area contributed by atoms with Crippen molar-refractivity contribution in [2.45, 2.75) is 26.3 Å². The third-order valence-electron chi connectivity index (χ3n) is 2.28. The van der Waals surface area contributed by atoms with Crippen LogP contribution in [0.25, 0.3) is 0 Å². The Balaban J connectivity index is 2.54. The van der Waals surface area contributed by atoms with Crippen LogP contribution in [0.1, 0.15) is 20.3 Å².